The van der Waals surface area contributed by atoms with Gasteiger partial charge in [-0.2, -0.15) is 0 Å². The van der Waals surface area contributed by atoms with Crippen molar-refractivity contribution in [1.82, 2.24) is 5.48 Å². The Bertz CT molecular complexity index is 689. The molecular weight excluding hydrogens is 410 g/mol. The summed E-state index contributed by atoms with van der Waals surface area (Å²) in [7, 11) is 0. The topological polar surface area (TPSA) is 102 Å². The number of rotatable bonds is 18. The Labute approximate surface area is 191 Å². The Morgan fingerprint density at radius 3 is 2.09 bits per heavy atom. The van der Waals surface area contributed by atoms with Crippen LogP contribution in [0.1, 0.15) is 76.7 Å². The maximum atomic E-state index is 12.5. The molecule has 0 saturated heterocycles. The molecule has 0 heterocycles. The molecule has 0 aromatic heterocycles. The third kappa shape index (κ3) is 14.4. The molecule has 1 atom stereocenters. The lowest BCUT2D eigenvalue weighted by atomic mass is 10.1. The van der Waals surface area contributed by atoms with Crippen LogP contribution in [0.3, 0.4) is 0 Å². The number of carboxylic acid groups (broad SMARTS) is 1. The molecule has 0 amide bonds. The maximum absolute atomic E-state index is 12.5. The van der Waals surface area contributed by atoms with E-state index < -0.39 is 23.9 Å². The number of carboxylic acids is 1. The largest absolute Gasteiger partial charge is 0.478 e. The van der Waals surface area contributed by atoms with Crippen molar-refractivity contribution in [3.63, 3.8) is 0 Å². The van der Waals surface area contributed by atoms with Gasteiger partial charge in [0.15, 0.2) is 0 Å². The van der Waals surface area contributed by atoms with Gasteiger partial charge in [0.1, 0.15) is 6.04 Å². The van der Waals surface area contributed by atoms with E-state index in [1.165, 1.54) is 44.9 Å². The van der Waals surface area contributed by atoms with Gasteiger partial charge in [-0.25, -0.2) is 9.59 Å². The highest BCUT2D eigenvalue weighted by molar-refractivity contribution is 5.90. The molecule has 0 radical (unpaired) electrons. The van der Waals surface area contributed by atoms with Crippen LogP contribution < -0.4 is 5.48 Å². The molecule has 0 aliphatic carbocycles. The minimum atomic E-state index is -1.27. The average molecular weight is 448 g/mol. The van der Waals surface area contributed by atoms with E-state index in [0.717, 1.165) is 30.9 Å². The zero-order valence-corrected chi connectivity index (χ0v) is 19.1. The lowest BCUT2D eigenvalue weighted by Gasteiger charge is -2.17. The fourth-order valence-electron chi connectivity index (χ4n) is 3.19. The molecule has 1 rings (SSSR count). The molecule has 32 heavy (non-hydrogen) atoms. The van der Waals surface area contributed by atoms with Crippen LogP contribution in [0, 0.1) is 0 Å². The Kier molecular flexibility index (Phi) is 15.4. The van der Waals surface area contributed by atoms with Gasteiger partial charge >= 0.3 is 17.9 Å². The van der Waals surface area contributed by atoms with Gasteiger partial charge in [0.25, 0.3) is 0 Å². The first-order valence-electron chi connectivity index (χ1n) is 11.6. The van der Waals surface area contributed by atoms with Gasteiger partial charge < -0.3 is 14.7 Å². The van der Waals surface area contributed by atoms with Gasteiger partial charge in [0, 0.05) is 18.6 Å². The van der Waals surface area contributed by atoms with Crippen LogP contribution in [-0.4, -0.2) is 35.7 Å². The Hall–Kier alpha value is -2.67. The third-order valence-electron chi connectivity index (χ3n) is 4.97. The SMILES string of the molecule is CCCCCCCCCCCCOC(=O)[C@H](Cc1ccccc1)NOC(=O)/C=C\C(=O)O. The summed E-state index contributed by atoms with van der Waals surface area (Å²) in [6.07, 6.45) is 13.6. The van der Waals surface area contributed by atoms with E-state index in [2.05, 4.69) is 12.4 Å². The van der Waals surface area contributed by atoms with Crippen LogP contribution in [0.2, 0.25) is 0 Å². The minimum absolute atomic E-state index is 0.271. The number of aliphatic carboxylic acids is 1. The number of nitrogens with one attached hydrogen (secondary N) is 1. The molecule has 0 fully saturated rings. The molecule has 7 heteroatoms. The molecule has 1 aromatic rings. The number of ether oxygens (including phenoxy) is 1. The maximum Gasteiger partial charge on any atom is 0.349 e. The monoisotopic (exact) mass is 447 g/mol. The number of hydrogen-bond donors (Lipinski definition) is 2. The quantitative estimate of drug-likeness (QED) is 0.145. The fourth-order valence-corrected chi connectivity index (χ4v) is 3.19. The number of carbonyl (C=O) groups is 3. The first-order chi connectivity index (χ1) is 15.5. The Morgan fingerprint density at radius 2 is 1.50 bits per heavy atom. The Morgan fingerprint density at radius 1 is 0.906 bits per heavy atom. The molecule has 0 unspecified atom stereocenters. The zero-order valence-electron chi connectivity index (χ0n) is 19.1. The molecule has 178 valence electrons. The van der Waals surface area contributed by atoms with Gasteiger partial charge in [-0.1, -0.05) is 95.0 Å². The Balaban J connectivity index is 2.34. The number of benzene rings is 1. The van der Waals surface area contributed by atoms with Crippen LogP contribution in [0.4, 0.5) is 0 Å². The third-order valence-corrected chi connectivity index (χ3v) is 4.97. The standard InChI is InChI=1S/C25H37NO6/c1-2-3-4-5-6-7-8-9-10-14-19-31-25(30)22(20-21-15-12-11-13-16-21)26-32-24(29)18-17-23(27)28/h11-13,15-18,22,26H,2-10,14,19-20H2,1H3,(H,27,28)/b18-17-/t22-/m0/s1. The minimum Gasteiger partial charge on any atom is -0.478 e. The zero-order chi connectivity index (χ0) is 23.4. The molecule has 0 aliphatic rings. The van der Waals surface area contributed by atoms with Crippen molar-refractivity contribution in [3.05, 3.63) is 48.0 Å². The summed E-state index contributed by atoms with van der Waals surface area (Å²) < 4.78 is 5.37. The predicted octanol–water partition coefficient (Wildman–Crippen LogP) is 4.75. The first kappa shape index (κ1) is 27.4. The summed E-state index contributed by atoms with van der Waals surface area (Å²) >= 11 is 0. The van der Waals surface area contributed by atoms with Crippen molar-refractivity contribution in [2.75, 3.05) is 6.61 Å². The molecular formula is C25H37NO6. The highest BCUT2D eigenvalue weighted by Crippen LogP contribution is 2.11. The number of carbonyl (C=O) groups excluding carboxylic acids is 2. The van der Waals surface area contributed by atoms with Crippen LogP contribution >= 0.6 is 0 Å². The number of hydroxylamine groups is 1. The van der Waals surface area contributed by atoms with E-state index in [1.807, 2.05) is 30.3 Å². The van der Waals surface area contributed by atoms with Crippen molar-refractivity contribution < 1.29 is 29.1 Å². The smallest absolute Gasteiger partial charge is 0.349 e. The van der Waals surface area contributed by atoms with E-state index in [1.54, 1.807) is 0 Å². The molecule has 0 aliphatic heterocycles. The highest BCUT2D eigenvalue weighted by atomic mass is 16.7. The molecule has 2 N–H and O–H groups in total. The summed E-state index contributed by atoms with van der Waals surface area (Å²) in [4.78, 5) is 39.4. The van der Waals surface area contributed by atoms with E-state index >= 15 is 0 Å². The van der Waals surface area contributed by atoms with E-state index in [4.69, 9.17) is 14.7 Å². The molecule has 0 spiro atoms. The van der Waals surface area contributed by atoms with Gasteiger partial charge in [-0.3, -0.25) is 4.79 Å². The second-order valence-electron chi connectivity index (χ2n) is 7.80. The van der Waals surface area contributed by atoms with E-state index in [0.29, 0.717) is 12.7 Å². The van der Waals surface area contributed by atoms with Crippen molar-refractivity contribution in [2.24, 2.45) is 0 Å². The van der Waals surface area contributed by atoms with E-state index in [9.17, 15) is 14.4 Å². The van der Waals surface area contributed by atoms with Crippen LogP contribution in [-0.2, 0) is 30.4 Å². The summed E-state index contributed by atoms with van der Waals surface area (Å²) in [6, 6.07) is 8.40. The second kappa shape index (κ2) is 18.0. The lowest BCUT2D eigenvalue weighted by molar-refractivity contribution is -0.157. The second-order valence-corrected chi connectivity index (χ2v) is 7.80. The van der Waals surface area contributed by atoms with Crippen LogP contribution in [0.25, 0.3) is 0 Å². The van der Waals surface area contributed by atoms with Gasteiger partial charge in [-0.05, 0) is 12.0 Å². The normalized spacial score (nSPS) is 11.9. The highest BCUT2D eigenvalue weighted by Gasteiger charge is 2.22. The predicted molar refractivity (Wildman–Crippen MR) is 123 cm³/mol. The summed E-state index contributed by atoms with van der Waals surface area (Å²) in [5.41, 5.74) is 3.29. The number of unbranched alkanes of at least 4 members (excludes halogenated alkanes) is 9. The number of esters is 1. The van der Waals surface area contributed by atoms with Gasteiger partial charge in [0.2, 0.25) is 0 Å². The summed E-state index contributed by atoms with van der Waals surface area (Å²) in [5.74, 6) is -2.69. The molecule has 1 aromatic carbocycles. The van der Waals surface area contributed by atoms with Gasteiger partial charge in [-0.15, -0.1) is 5.48 Å². The summed E-state index contributed by atoms with van der Waals surface area (Å²) in [5, 5.41) is 8.57. The average Bonchev–Trinajstić information content (AvgIpc) is 2.79. The fraction of sp³-hybridized carbons (Fsp3) is 0.560. The number of hydrogen-bond acceptors (Lipinski definition) is 6. The van der Waals surface area contributed by atoms with Gasteiger partial charge in [0.05, 0.1) is 6.61 Å². The first-order valence-corrected chi connectivity index (χ1v) is 11.6. The van der Waals surface area contributed by atoms with Crippen molar-refractivity contribution in [2.45, 2.75) is 83.6 Å². The summed E-state index contributed by atoms with van der Waals surface area (Å²) in [6.45, 7) is 2.54. The molecule has 0 saturated carbocycles. The van der Waals surface area contributed by atoms with Crippen molar-refractivity contribution >= 4 is 17.9 Å². The van der Waals surface area contributed by atoms with Crippen LogP contribution in [0.15, 0.2) is 42.5 Å². The van der Waals surface area contributed by atoms with Crippen molar-refractivity contribution in [1.29, 1.82) is 0 Å². The van der Waals surface area contributed by atoms with Crippen molar-refractivity contribution in [3.8, 4) is 0 Å². The van der Waals surface area contributed by atoms with E-state index in [-0.39, 0.29) is 6.42 Å². The lowest BCUT2D eigenvalue weighted by Crippen LogP contribution is -2.41. The molecule has 0 bridgehead atoms. The molecule has 7 nitrogen and oxygen atoms in total. The van der Waals surface area contributed by atoms with Crippen LogP contribution in [0.5, 0.6) is 0 Å².